The zero-order valence-electron chi connectivity index (χ0n) is 15.6. The molecule has 0 radical (unpaired) electrons. The molecule has 0 N–H and O–H groups in total. The Morgan fingerprint density at radius 1 is 0.931 bits per heavy atom. The maximum atomic E-state index is 13.8. The van der Waals surface area contributed by atoms with Crippen LogP contribution in [0.3, 0.4) is 0 Å². The lowest BCUT2D eigenvalue weighted by Crippen LogP contribution is -2.31. The van der Waals surface area contributed by atoms with Crippen molar-refractivity contribution in [3.05, 3.63) is 53.9 Å². The van der Waals surface area contributed by atoms with Crippen molar-refractivity contribution in [3.63, 3.8) is 0 Å². The summed E-state index contributed by atoms with van der Waals surface area (Å²) in [4.78, 5) is 4.29. The molecule has 0 amide bonds. The number of aromatic nitrogens is 4. The molecule has 2 aromatic heterocycles. The monoisotopic (exact) mass is 408 g/mol. The highest BCUT2D eigenvalue weighted by Gasteiger charge is 2.47. The van der Waals surface area contributed by atoms with E-state index >= 15 is 0 Å². The first kappa shape index (κ1) is 19.6. The molecular weight excluding hydrogens is 388 g/mol. The highest BCUT2D eigenvalue weighted by atomic mass is 19.3. The fourth-order valence-corrected chi connectivity index (χ4v) is 3.45. The summed E-state index contributed by atoms with van der Waals surface area (Å²) in [6.45, 7) is 3.84. The van der Waals surface area contributed by atoms with Crippen LogP contribution in [-0.2, 0) is 12.5 Å². The van der Waals surface area contributed by atoms with Crippen LogP contribution in [0.4, 0.5) is 23.4 Å². The topological polar surface area (TPSA) is 49.6 Å². The lowest BCUT2D eigenvalue weighted by Gasteiger charge is -2.23. The lowest BCUT2D eigenvalue weighted by molar-refractivity contribution is -0.142. The molecule has 1 aliphatic heterocycles. The van der Waals surface area contributed by atoms with E-state index in [2.05, 4.69) is 32.3 Å². The molecule has 1 aromatic carbocycles. The van der Waals surface area contributed by atoms with E-state index in [0.717, 1.165) is 26.1 Å². The first-order chi connectivity index (χ1) is 13.9. The molecule has 0 bridgehead atoms. The average Bonchev–Trinajstić information content (AvgIpc) is 3.01. The highest BCUT2D eigenvalue weighted by Crippen LogP contribution is 2.33. The van der Waals surface area contributed by atoms with Gasteiger partial charge in [0.05, 0.1) is 0 Å². The van der Waals surface area contributed by atoms with Crippen molar-refractivity contribution in [2.45, 2.75) is 25.3 Å². The molecule has 3 aromatic rings. The Balaban J connectivity index is 1.52. The summed E-state index contributed by atoms with van der Waals surface area (Å²) in [6.07, 6.45) is -3.01. The third kappa shape index (κ3) is 4.02. The number of hydrogen-bond donors (Lipinski definition) is 0. The molecule has 0 unspecified atom stereocenters. The number of hydrogen-bond acceptors (Lipinski definition) is 5. The van der Waals surface area contributed by atoms with E-state index in [1.165, 1.54) is 11.6 Å². The number of halogens is 4. The third-order valence-corrected chi connectivity index (χ3v) is 4.98. The summed E-state index contributed by atoms with van der Waals surface area (Å²) >= 11 is 0. The molecule has 1 aliphatic rings. The van der Waals surface area contributed by atoms with Gasteiger partial charge in [0.25, 0.3) is 0 Å². The molecule has 3 heterocycles. The van der Waals surface area contributed by atoms with E-state index in [9.17, 15) is 17.6 Å². The minimum atomic E-state index is -4.42. The molecule has 154 valence electrons. The van der Waals surface area contributed by atoms with Gasteiger partial charge >= 0.3 is 12.3 Å². The van der Waals surface area contributed by atoms with Crippen molar-refractivity contribution < 1.29 is 17.6 Å². The predicted molar refractivity (Wildman–Crippen MR) is 99.2 cm³/mol. The van der Waals surface area contributed by atoms with E-state index in [1.807, 2.05) is 23.1 Å². The lowest BCUT2D eigenvalue weighted by atomic mass is 10.2. The molecular formula is C19H20F4N6. The van der Waals surface area contributed by atoms with E-state index in [-0.39, 0.29) is 5.65 Å². The van der Waals surface area contributed by atoms with Crippen LogP contribution in [0.2, 0.25) is 0 Å². The van der Waals surface area contributed by atoms with E-state index < -0.39 is 18.2 Å². The maximum Gasteiger partial charge on any atom is 0.367 e. The van der Waals surface area contributed by atoms with Gasteiger partial charge < -0.3 is 4.90 Å². The average molecular weight is 408 g/mol. The molecule has 10 heteroatoms. The summed E-state index contributed by atoms with van der Waals surface area (Å²) in [5.74, 6) is -5.13. The normalized spacial score (nSPS) is 16.5. The zero-order chi connectivity index (χ0) is 20.4. The molecule has 4 rings (SSSR count). The molecule has 0 saturated carbocycles. The van der Waals surface area contributed by atoms with Crippen LogP contribution in [0.25, 0.3) is 5.65 Å². The van der Waals surface area contributed by atoms with E-state index in [4.69, 9.17) is 0 Å². The second-order valence-corrected chi connectivity index (χ2v) is 7.01. The number of rotatable bonds is 5. The summed E-state index contributed by atoms with van der Waals surface area (Å²) < 4.78 is 53.8. The number of alkyl halides is 4. The summed E-state index contributed by atoms with van der Waals surface area (Å²) in [7, 11) is 0. The first-order valence-electron chi connectivity index (χ1n) is 9.35. The van der Waals surface area contributed by atoms with Crippen molar-refractivity contribution in [1.82, 2.24) is 24.7 Å². The molecule has 29 heavy (non-hydrogen) atoms. The Kier molecular flexibility index (Phi) is 5.35. The number of nitrogens with zero attached hydrogens (tertiary/aromatic N) is 6. The van der Waals surface area contributed by atoms with Gasteiger partial charge in [0, 0.05) is 32.7 Å². The number of anilines is 1. The van der Waals surface area contributed by atoms with Gasteiger partial charge in [-0.15, -0.1) is 15.3 Å². The van der Waals surface area contributed by atoms with Gasteiger partial charge in [-0.05, 0) is 24.1 Å². The maximum absolute atomic E-state index is 13.8. The Hall–Kier alpha value is -2.75. The van der Waals surface area contributed by atoms with Gasteiger partial charge in [0.15, 0.2) is 5.65 Å². The molecule has 0 aliphatic carbocycles. The van der Waals surface area contributed by atoms with E-state index in [1.54, 1.807) is 6.07 Å². The largest absolute Gasteiger partial charge is 0.367 e. The van der Waals surface area contributed by atoms with Gasteiger partial charge in [0.1, 0.15) is 5.82 Å². The van der Waals surface area contributed by atoms with E-state index in [0.29, 0.717) is 23.4 Å². The predicted octanol–water partition coefficient (Wildman–Crippen LogP) is 3.19. The van der Waals surface area contributed by atoms with Crippen molar-refractivity contribution in [2.75, 3.05) is 31.1 Å². The third-order valence-electron chi connectivity index (χ3n) is 4.98. The van der Waals surface area contributed by atoms with Gasteiger partial charge in [-0.25, -0.2) is 8.78 Å². The second kappa shape index (κ2) is 7.94. The Morgan fingerprint density at radius 2 is 1.72 bits per heavy atom. The molecule has 0 atom stereocenters. The fraction of sp³-hybridized carbons (Fsp3) is 0.421. The zero-order valence-corrected chi connectivity index (χ0v) is 15.6. The van der Waals surface area contributed by atoms with Crippen LogP contribution < -0.4 is 4.90 Å². The summed E-state index contributed by atoms with van der Waals surface area (Å²) in [5, 5.41) is 10.9. The van der Waals surface area contributed by atoms with Crippen molar-refractivity contribution in [2.24, 2.45) is 0 Å². The van der Waals surface area contributed by atoms with Crippen LogP contribution >= 0.6 is 0 Å². The van der Waals surface area contributed by atoms with Gasteiger partial charge in [-0.2, -0.15) is 13.3 Å². The second-order valence-electron chi connectivity index (χ2n) is 7.01. The van der Waals surface area contributed by atoms with Crippen LogP contribution in [-0.4, -0.2) is 57.3 Å². The number of benzene rings is 1. The fourth-order valence-electron chi connectivity index (χ4n) is 3.45. The summed E-state index contributed by atoms with van der Waals surface area (Å²) in [6, 6.07) is 13.3. The summed E-state index contributed by atoms with van der Waals surface area (Å²) in [5.41, 5.74) is 1.23. The Labute approximate surface area is 164 Å². The molecule has 6 nitrogen and oxygen atoms in total. The highest BCUT2D eigenvalue weighted by molar-refractivity contribution is 5.46. The minimum absolute atomic E-state index is 0.00426. The molecule has 1 fully saturated rings. The standard InChI is InChI=1S/C19H20F4N6/c20-17(21)19(22,23)18-25-24-15-7-8-16(26-29(15)18)28-10-4-9-27(11-12-28)13-14-5-2-1-3-6-14/h1-3,5-8,17H,4,9-13H2. The van der Waals surface area contributed by atoms with Crippen LogP contribution in [0.15, 0.2) is 42.5 Å². The van der Waals surface area contributed by atoms with Gasteiger partial charge in [-0.3, -0.25) is 4.90 Å². The quantitative estimate of drug-likeness (QED) is 0.607. The Morgan fingerprint density at radius 3 is 2.48 bits per heavy atom. The van der Waals surface area contributed by atoms with Crippen LogP contribution in [0, 0.1) is 0 Å². The first-order valence-corrected chi connectivity index (χ1v) is 9.35. The van der Waals surface area contributed by atoms with Gasteiger partial charge in [0.2, 0.25) is 5.82 Å². The smallest absolute Gasteiger partial charge is 0.354 e. The minimum Gasteiger partial charge on any atom is -0.354 e. The molecule has 1 saturated heterocycles. The Bertz CT molecular complexity index is 962. The van der Waals surface area contributed by atoms with Crippen molar-refractivity contribution >= 4 is 11.5 Å². The van der Waals surface area contributed by atoms with Gasteiger partial charge in [-0.1, -0.05) is 30.3 Å². The van der Waals surface area contributed by atoms with Crippen molar-refractivity contribution in [1.29, 1.82) is 0 Å². The molecule has 0 spiro atoms. The van der Waals surface area contributed by atoms with Crippen molar-refractivity contribution in [3.8, 4) is 0 Å². The number of fused-ring (bicyclic) bond motifs is 1. The van der Waals surface area contributed by atoms with Crippen LogP contribution in [0.5, 0.6) is 0 Å². The van der Waals surface area contributed by atoms with Crippen LogP contribution in [0.1, 0.15) is 17.8 Å². The SMILES string of the molecule is FC(F)C(F)(F)c1nnc2ccc(N3CCCN(Cc4ccccc4)CC3)nn12.